The lowest BCUT2D eigenvalue weighted by Crippen LogP contribution is -2.41. The Hall–Kier alpha value is -2.45. The Morgan fingerprint density at radius 2 is 1.88 bits per heavy atom. The van der Waals surface area contributed by atoms with Crippen molar-refractivity contribution in [1.29, 1.82) is 0 Å². The molecule has 26 heavy (non-hydrogen) atoms. The third-order valence-corrected chi connectivity index (χ3v) is 4.34. The van der Waals surface area contributed by atoms with Crippen LogP contribution in [-0.4, -0.2) is 35.9 Å². The van der Waals surface area contributed by atoms with Gasteiger partial charge in [-0.05, 0) is 44.7 Å². The number of alkyl halides is 3. The number of amides is 2. The molecule has 2 rings (SSSR count). The number of hydrogen-bond donors (Lipinski definition) is 3. The number of halogens is 3. The molecule has 0 aliphatic heterocycles. The third kappa shape index (κ3) is 5.82. The van der Waals surface area contributed by atoms with E-state index in [-0.39, 0.29) is 17.7 Å². The molecule has 9 heteroatoms. The zero-order valence-electron chi connectivity index (χ0n) is 14.2. The van der Waals surface area contributed by atoms with Crippen molar-refractivity contribution in [3.05, 3.63) is 23.8 Å². The molecule has 3 N–H and O–H groups in total. The monoisotopic (exact) mass is 374 g/mol. The topological polar surface area (TPSA) is 87.7 Å². The van der Waals surface area contributed by atoms with Crippen LogP contribution in [-0.2, 0) is 4.79 Å². The summed E-state index contributed by atoms with van der Waals surface area (Å²) < 4.78 is 41.6. The SMILES string of the molecule is Cc1c(NC(=O)NC2CCC(C(=O)O)CC2)cccc1OCC(F)(F)F. The Kier molecular flexibility index (Phi) is 6.33. The molecule has 0 aromatic heterocycles. The second kappa shape index (κ2) is 8.29. The van der Waals surface area contributed by atoms with Crippen molar-refractivity contribution >= 4 is 17.7 Å². The zero-order chi connectivity index (χ0) is 19.3. The predicted molar refractivity (Wildman–Crippen MR) is 88.3 cm³/mol. The fourth-order valence-corrected chi connectivity index (χ4v) is 2.89. The highest BCUT2D eigenvalue weighted by atomic mass is 19.4. The van der Waals surface area contributed by atoms with E-state index >= 15 is 0 Å². The Labute approximate surface area is 148 Å². The van der Waals surface area contributed by atoms with Crippen LogP contribution in [0.3, 0.4) is 0 Å². The Balaban J connectivity index is 1.90. The second-order valence-corrected chi connectivity index (χ2v) is 6.32. The number of urea groups is 1. The van der Waals surface area contributed by atoms with Crippen LogP contribution in [0.15, 0.2) is 18.2 Å². The quantitative estimate of drug-likeness (QED) is 0.733. The van der Waals surface area contributed by atoms with Gasteiger partial charge in [0.05, 0.1) is 5.92 Å². The van der Waals surface area contributed by atoms with Crippen molar-refractivity contribution < 1.29 is 32.6 Å². The lowest BCUT2D eigenvalue weighted by Gasteiger charge is -2.27. The Bertz CT molecular complexity index is 656. The largest absolute Gasteiger partial charge is 0.484 e. The molecular formula is C17H21F3N2O4. The van der Waals surface area contributed by atoms with Crippen LogP contribution >= 0.6 is 0 Å². The molecule has 0 heterocycles. The normalized spacial score (nSPS) is 20.3. The van der Waals surface area contributed by atoms with Gasteiger partial charge >= 0.3 is 18.2 Å². The number of carboxylic acids is 1. The maximum absolute atomic E-state index is 12.3. The maximum atomic E-state index is 12.3. The molecule has 1 aromatic rings. The number of benzene rings is 1. The average molecular weight is 374 g/mol. The summed E-state index contributed by atoms with van der Waals surface area (Å²) in [4.78, 5) is 23.0. The van der Waals surface area contributed by atoms with Gasteiger partial charge in [-0.15, -0.1) is 0 Å². The minimum atomic E-state index is -4.44. The van der Waals surface area contributed by atoms with E-state index in [9.17, 15) is 22.8 Å². The molecule has 0 atom stereocenters. The van der Waals surface area contributed by atoms with Crippen LogP contribution in [0.1, 0.15) is 31.2 Å². The predicted octanol–water partition coefficient (Wildman–Crippen LogP) is 3.70. The second-order valence-electron chi connectivity index (χ2n) is 6.32. The summed E-state index contributed by atoms with van der Waals surface area (Å²) in [6.45, 7) is 0.149. The van der Waals surface area contributed by atoms with Gasteiger partial charge in [0, 0.05) is 17.3 Å². The molecule has 1 aliphatic carbocycles. The first-order valence-corrected chi connectivity index (χ1v) is 8.25. The molecule has 144 valence electrons. The summed E-state index contributed by atoms with van der Waals surface area (Å²) in [7, 11) is 0. The van der Waals surface area contributed by atoms with Gasteiger partial charge < -0.3 is 20.5 Å². The van der Waals surface area contributed by atoms with Gasteiger partial charge in [0.25, 0.3) is 0 Å². The lowest BCUT2D eigenvalue weighted by molar-refractivity contribution is -0.153. The molecule has 1 aromatic carbocycles. The first-order chi connectivity index (χ1) is 12.2. The standard InChI is InChI=1S/C17H21F3N2O4/c1-10-13(3-2-4-14(10)26-9-17(18,19)20)22-16(25)21-12-7-5-11(6-8-12)15(23)24/h2-4,11-12H,5-9H2,1H3,(H,23,24)(H2,21,22,25). The highest BCUT2D eigenvalue weighted by molar-refractivity contribution is 5.90. The minimum Gasteiger partial charge on any atom is -0.484 e. The fraction of sp³-hybridized carbons (Fsp3) is 0.529. The minimum absolute atomic E-state index is 0.0436. The highest BCUT2D eigenvalue weighted by Crippen LogP contribution is 2.28. The molecule has 1 saturated carbocycles. The fourth-order valence-electron chi connectivity index (χ4n) is 2.89. The van der Waals surface area contributed by atoms with Crippen molar-refractivity contribution in [3.8, 4) is 5.75 Å². The number of ether oxygens (including phenoxy) is 1. The van der Waals surface area contributed by atoms with Crippen LogP contribution in [0.2, 0.25) is 0 Å². The Morgan fingerprint density at radius 1 is 1.23 bits per heavy atom. The van der Waals surface area contributed by atoms with Crippen molar-refractivity contribution in [1.82, 2.24) is 5.32 Å². The molecule has 6 nitrogen and oxygen atoms in total. The van der Waals surface area contributed by atoms with Gasteiger partial charge in [0.15, 0.2) is 6.61 Å². The number of carboxylic acid groups (broad SMARTS) is 1. The van der Waals surface area contributed by atoms with Crippen molar-refractivity contribution in [3.63, 3.8) is 0 Å². The van der Waals surface area contributed by atoms with Crippen LogP contribution in [0.5, 0.6) is 5.75 Å². The van der Waals surface area contributed by atoms with Gasteiger partial charge in [-0.2, -0.15) is 13.2 Å². The van der Waals surface area contributed by atoms with E-state index in [0.29, 0.717) is 36.9 Å². The van der Waals surface area contributed by atoms with Gasteiger partial charge in [-0.1, -0.05) is 6.07 Å². The molecule has 1 aliphatic rings. The lowest BCUT2D eigenvalue weighted by atomic mass is 9.86. The number of anilines is 1. The Morgan fingerprint density at radius 3 is 2.46 bits per heavy atom. The zero-order valence-corrected chi connectivity index (χ0v) is 14.2. The van der Waals surface area contributed by atoms with Crippen LogP contribution in [0.25, 0.3) is 0 Å². The molecule has 0 bridgehead atoms. The van der Waals surface area contributed by atoms with Gasteiger partial charge in [0.2, 0.25) is 0 Å². The van der Waals surface area contributed by atoms with Crippen molar-refractivity contribution in [2.24, 2.45) is 5.92 Å². The molecule has 0 saturated heterocycles. The molecule has 2 amide bonds. The van der Waals surface area contributed by atoms with E-state index < -0.39 is 24.8 Å². The van der Waals surface area contributed by atoms with Crippen LogP contribution in [0, 0.1) is 12.8 Å². The van der Waals surface area contributed by atoms with Gasteiger partial charge in [-0.3, -0.25) is 4.79 Å². The number of carbonyl (C=O) groups is 2. The van der Waals surface area contributed by atoms with Crippen LogP contribution < -0.4 is 15.4 Å². The number of nitrogens with one attached hydrogen (secondary N) is 2. The van der Waals surface area contributed by atoms with Crippen LogP contribution in [0.4, 0.5) is 23.7 Å². The summed E-state index contributed by atoms with van der Waals surface area (Å²) in [5.74, 6) is -1.15. The van der Waals surface area contributed by atoms with Crippen molar-refractivity contribution in [2.75, 3.05) is 11.9 Å². The maximum Gasteiger partial charge on any atom is 0.422 e. The van der Waals surface area contributed by atoms with E-state index in [0.717, 1.165) is 0 Å². The smallest absolute Gasteiger partial charge is 0.422 e. The summed E-state index contributed by atoms with van der Waals surface area (Å²) in [5, 5.41) is 14.3. The molecular weight excluding hydrogens is 353 g/mol. The summed E-state index contributed by atoms with van der Waals surface area (Å²) in [5.41, 5.74) is 0.739. The van der Waals surface area contributed by atoms with E-state index in [4.69, 9.17) is 9.84 Å². The molecule has 0 spiro atoms. The van der Waals surface area contributed by atoms with E-state index in [1.807, 2.05) is 0 Å². The summed E-state index contributed by atoms with van der Waals surface area (Å²) >= 11 is 0. The third-order valence-electron chi connectivity index (χ3n) is 4.34. The summed E-state index contributed by atoms with van der Waals surface area (Å²) in [6.07, 6.45) is -2.31. The van der Waals surface area contributed by atoms with E-state index in [2.05, 4.69) is 10.6 Å². The molecule has 1 fully saturated rings. The van der Waals surface area contributed by atoms with E-state index in [1.165, 1.54) is 12.1 Å². The van der Waals surface area contributed by atoms with Crippen molar-refractivity contribution in [2.45, 2.75) is 44.8 Å². The highest BCUT2D eigenvalue weighted by Gasteiger charge is 2.29. The van der Waals surface area contributed by atoms with Gasteiger partial charge in [-0.25, -0.2) is 4.79 Å². The number of hydrogen-bond acceptors (Lipinski definition) is 3. The first-order valence-electron chi connectivity index (χ1n) is 8.25. The summed E-state index contributed by atoms with van der Waals surface area (Å²) in [6, 6.07) is 3.84. The molecule has 0 radical (unpaired) electrons. The average Bonchev–Trinajstić information content (AvgIpc) is 2.55. The number of aliphatic carboxylic acids is 1. The first kappa shape index (κ1) is 19.9. The molecule has 0 unspecified atom stereocenters. The number of carbonyl (C=O) groups excluding carboxylic acids is 1. The van der Waals surface area contributed by atoms with Gasteiger partial charge in [0.1, 0.15) is 5.75 Å². The number of rotatable bonds is 5. The van der Waals surface area contributed by atoms with E-state index in [1.54, 1.807) is 13.0 Å².